The molecule has 1 saturated heterocycles. The topological polar surface area (TPSA) is 106 Å². The SMILES string of the molecule is C=C(c1nc2nc(C3NOC(=O)N3)nc(N[C@H](C)C3CCC3)c2n1CC1CCC(C)CC1)C(C)(C)C. The summed E-state index contributed by atoms with van der Waals surface area (Å²) >= 11 is 0. The van der Waals surface area contributed by atoms with E-state index >= 15 is 0 Å². The zero-order valence-electron chi connectivity index (χ0n) is 22.4. The molecule has 3 N–H and O–H groups in total. The molecule has 2 saturated carbocycles. The molecule has 5 rings (SSSR count). The number of fused-ring (bicyclic) bond motifs is 1. The lowest BCUT2D eigenvalue weighted by molar-refractivity contribution is 0.120. The Morgan fingerprint density at radius 2 is 1.89 bits per heavy atom. The summed E-state index contributed by atoms with van der Waals surface area (Å²) in [5, 5.41) is 6.44. The Hall–Kier alpha value is -2.68. The van der Waals surface area contributed by atoms with Gasteiger partial charge in [-0.2, -0.15) is 0 Å². The van der Waals surface area contributed by atoms with Crippen LogP contribution in [-0.4, -0.2) is 31.7 Å². The van der Waals surface area contributed by atoms with Crippen LogP contribution in [0.3, 0.4) is 0 Å². The predicted molar refractivity (Wildman–Crippen MR) is 141 cm³/mol. The predicted octanol–water partition coefficient (Wildman–Crippen LogP) is 5.56. The number of nitrogens with one attached hydrogen (secondary N) is 3. The molecule has 3 aliphatic rings. The third-order valence-corrected chi connectivity index (χ3v) is 8.38. The molecule has 0 radical (unpaired) electrons. The van der Waals surface area contributed by atoms with Gasteiger partial charge in [0.05, 0.1) is 0 Å². The first-order chi connectivity index (χ1) is 17.1. The van der Waals surface area contributed by atoms with Crippen molar-refractivity contribution >= 4 is 28.6 Å². The van der Waals surface area contributed by atoms with Crippen LogP contribution in [0.1, 0.15) is 97.4 Å². The van der Waals surface area contributed by atoms with Crippen molar-refractivity contribution in [2.75, 3.05) is 5.32 Å². The van der Waals surface area contributed by atoms with Crippen LogP contribution in [0.5, 0.6) is 0 Å². The second-order valence-electron chi connectivity index (χ2n) is 12.2. The van der Waals surface area contributed by atoms with Gasteiger partial charge in [0, 0.05) is 12.6 Å². The van der Waals surface area contributed by atoms with Crippen molar-refractivity contribution < 1.29 is 9.63 Å². The van der Waals surface area contributed by atoms with E-state index in [4.69, 9.17) is 19.8 Å². The highest BCUT2D eigenvalue weighted by Crippen LogP contribution is 2.38. The summed E-state index contributed by atoms with van der Waals surface area (Å²) in [4.78, 5) is 31.4. The monoisotopic (exact) mass is 495 g/mol. The number of hydrogen-bond acceptors (Lipinski definition) is 7. The minimum atomic E-state index is -0.624. The molecule has 9 heteroatoms. The minimum absolute atomic E-state index is 0.141. The van der Waals surface area contributed by atoms with Crippen molar-refractivity contribution in [3.63, 3.8) is 0 Å². The van der Waals surface area contributed by atoms with Gasteiger partial charge in [-0.1, -0.05) is 53.5 Å². The van der Waals surface area contributed by atoms with E-state index in [1.807, 2.05) is 0 Å². The molecule has 1 aliphatic heterocycles. The lowest BCUT2D eigenvalue weighted by atomic mass is 9.80. The molecule has 3 heterocycles. The number of allylic oxidation sites excluding steroid dienone is 1. The van der Waals surface area contributed by atoms with Crippen LogP contribution in [0, 0.1) is 23.2 Å². The van der Waals surface area contributed by atoms with E-state index in [2.05, 4.69) is 61.9 Å². The molecule has 9 nitrogen and oxygen atoms in total. The van der Waals surface area contributed by atoms with E-state index in [1.165, 1.54) is 44.9 Å². The number of aromatic nitrogens is 4. The first-order valence-electron chi connectivity index (χ1n) is 13.6. The largest absolute Gasteiger partial charge is 0.427 e. The number of imidazole rings is 1. The quantitative estimate of drug-likeness (QED) is 0.462. The zero-order valence-corrected chi connectivity index (χ0v) is 22.4. The van der Waals surface area contributed by atoms with Crippen LogP contribution in [-0.2, 0) is 11.4 Å². The highest BCUT2D eigenvalue weighted by atomic mass is 16.7. The molecule has 0 spiro atoms. The molecule has 0 bridgehead atoms. The van der Waals surface area contributed by atoms with Crippen LogP contribution in [0.2, 0.25) is 0 Å². The van der Waals surface area contributed by atoms with E-state index in [-0.39, 0.29) is 11.5 Å². The zero-order chi connectivity index (χ0) is 25.6. The van der Waals surface area contributed by atoms with Crippen molar-refractivity contribution in [3.05, 3.63) is 18.2 Å². The van der Waals surface area contributed by atoms with Gasteiger partial charge in [0.1, 0.15) is 11.3 Å². The third kappa shape index (κ3) is 4.94. The molecule has 3 fully saturated rings. The van der Waals surface area contributed by atoms with Crippen LogP contribution in [0.4, 0.5) is 10.6 Å². The Kier molecular flexibility index (Phi) is 6.70. The maximum absolute atomic E-state index is 11.7. The first kappa shape index (κ1) is 25.0. The van der Waals surface area contributed by atoms with E-state index in [0.29, 0.717) is 23.3 Å². The second-order valence-corrected chi connectivity index (χ2v) is 12.2. The van der Waals surface area contributed by atoms with Gasteiger partial charge in [0.15, 0.2) is 23.5 Å². The Morgan fingerprint density at radius 3 is 2.47 bits per heavy atom. The van der Waals surface area contributed by atoms with Crippen LogP contribution < -0.4 is 16.1 Å². The number of nitrogens with zero attached hydrogens (tertiary/aromatic N) is 4. The Morgan fingerprint density at radius 1 is 1.17 bits per heavy atom. The molecular weight excluding hydrogens is 454 g/mol. The fourth-order valence-corrected chi connectivity index (χ4v) is 5.48. The molecular formula is C27H41N7O2. The summed E-state index contributed by atoms with van der Waals surface area (Å²) in [7, 11) is 0. The van der Waals surface area contributed by atoms with Gasteiger partial charge in [-0.25, -0.2) is 19.7 Å². The molecule has 2 atom stereocenters. The van der Waals surface area contributed by atoms with E-state index < -0.39 is 12.3 Å². The number of carbonyl (C=O) groups excluding carboxylic acids is 1. The highest BCUT2D eigenvalue weighted by molar-refractivity contribution is 5.87. The second kappa shape index (κ2) is 9.65. The van der Waals surface area contributed by atoms with Crippen molar-refractivity contribution in [3.8, 4) is 0 Å². The van der Waals surface area contributed by atoms with Gasteiger partial charge in [-0.05, 0) is 61.3 Å². The van der Waals surface area contributed by atoms with E-state index in [1.54, 1.807) is 0 Å². The Labute approximate surface area is 213 Å². The lowest BCUT2D eigenvalue weighted by Gasteiger charge is -2.32. The number of anilines is 1. The van der Waals surface area contributed by atoms with Crippen LogP contribution >= 0.6 is 0 Å². The van der Waals surface area contributed by atoms with Crippen molar-refractivity contribution in [2.24, 2.45) is 23.2 Å². The number of rotatable bonds is 7. The summed E-state index contributed by atoms with van der Waals surface area (Å²) in [6.45, 7) is 16.4. The van der Waals surface area contributed by atoms with Gasteiger partial charge in [0.2, 0.25) is 0 Å². The average molecular weight is 496 g/mol. The number of amides is 1. The summed E-state index contributed by atoms with van der Waals surface area (Å²) in [6, 6.07) is 0.278. The lowest BCUT2D eigenvalue weighted by Crippen LogP contribution is -2.32. The molecule has 1 unspecified atom stereocenters. The summed E-state index contributed by atoms with van der Waals surface area (Å²) in [5.74, 6) is 4.09. The van der Waals surface area contributed by atoms with Gasteiger partial charge >= 0.3 is 6.09 Å². The maximum Gasteiger partial charge on any atom is 0.427 e. The smallest absolute Gasteiger partial charge is 0.365 e. The van der Waals surface area contributed by atoms with E-state index in [9.17, 15) is 4.79 Å². The summed E-state index contributed by atoms with van der Waals surface area (Å²) in [6.07, 6.45) is 7.55. The van der Waals surface area contributed by atoms with Gasteiger partial charge < -0.3 is 14.7 Å². The van der Waals surface area contributed by atoms with Gasteiger partial charge in [0.25, 0.3) is 0 Å². The molecule has 2 aromatic rings. The van der Waals surface area contributed by atoms with Crippen molar-refractivity contribution in [1.29, 1.82) is 0 Å². The van der Waals surface area contributed by atoms with Crippen molar-refractivity contribution in [1.82, 2.24) is 30.3 Å². The van der Waals surface area contributed by atoms with Gasteiger partial charge in [-0.3, -0.25) is 5.32 Å². The van der Waals surface area contributed by atoms with Gasteiger partial charge in [-0.15, -0.1) is 5.48 Å². The fourth-order valence-electron chi connectivity index (χ4n) is 5.48. The molecule has 1 amide bonds. The highest BCUT2D eigenvalue weighted by Gasteiger charge is 2.32. The van der Waals surface area contributed by atoms with E-state index in [0.717, 1.165) is 35.2 Å². The molecule has 2 aromatic heterocycles. The fraction of sp³-hybridized carbons (Fsp3) is 0.704. The summed E-state index contributed by atoms with van der Waals surface area (Å²) < 4.78 is 2.32. The number of hydroxylamine groups is 1. The van der Waals surface area contributed by atoms with Crippen LogP contribution in [0.15, 0.2) is 6.58 Å². The molecule has 36 heavy (non-hydrogen) atoms. The standard InChI is InChI=1S/C27H41N7O2/c1-15-10-12-18(13-11-15)14-34-20-21(28-17(3)19-8-7-9-19)29-23(24-32-26(35)36-33-24)30-22(20)31-25(34)16(2)27(4,5)6/h15,17-19,24,33H,2,7-14H2,1,3-6H3,(H,32,35)(H,28,29,30)/t15?,17-,18?,24?/m1/s1. The normalized spacial score (nSPS) is 25.8. The maximum atomic E-state index is 11.7. The average Bonchev–Trinajstić information content (AvgIpc) is 3.36. The minimum Gasteiger partial charge on any atom is -0.365 e. The number of hydrogen-bond donors (Lipinski definition) is 3. The third-order valence-electron chi connectivity index (χ3n) is 8.38. The molecule has 0 aromatic carbocycles. The van der Waals surface area contributed by atoms with Crippen LogP contribution in [0.25, 0.3) is 16.7 Å². The first-order valence-corrected chi connectivity index (χ1v) is 13.6. The Balaban J connectivity index is 1.62. The Bertz CT molecular complexity index is 1140. The number of carbonyl (C=O) groups is 1. The van der Waals surface area contributed by atoms with Crippen molar-refractivity contribution in [2.45, 2.75) is 98.3 Å². The molecule has 2 aliphatic carbocycles. The molecule has 196 valence electrons. The summed E-state index contributed by atoms with van der Waals surface area (Å²) in [5.41, 5.74) is 5.08.